The first-order valence-corrected chi connectivity index (χ1v) is 6.28. The first-order valence-electron chi connectivity index (χ1n) is 5.90. The molecule has 1 amide bonds. The van der Waals surface area contributed by atoms with Crippen LogP contribution in [0.15, 0.2) is 36.9 Å². The summed E-state index contributed by atoms with van der Waals surface area (Å²) in [5.41, 5.74) is 0.787. The highest BCUT2D eigenvalue weighted by atomic mass is 35.5. The fourth-order valence-electron chi connectivity index (χ4n) is 1.57. The number of halogens is 1. The third kappa shape index (κ3) is 5.57. The predicted octanol–water partition coefficient (Wildman–Crippen LogP) is 2.42. The highest BCUT2D eigenvalue weighted by Gasteiger charge is 2.18. The Bertz CT molecular complexity index is 456. The van der Waals surface area contributed by atoms with E-state index in [2.05, 4.69) is 11.9 Å². The molecule has 0 aliphatic rings. The summed E-state index contributed by atoms with van der Waals surface area (Å²) in [6.45, 7) is 3.53. The van der Waals surface area contributed by atoms with Crippen molar-refractivity contribution in [2.75, 3.05) is 0 Å². The molecule has 1 atom stereocenters. The second-order valence-electron chi connectivity index (χ2n) is 4.13. The number of nitrogens with one attached hydrogen (secondary N) is 1. The molecule has 0 aromatic heterocycles. The molecule has 1 aromatic rings. The molecule has 1 aromatic carbocycles. The van der Waals surface area contributed by atoms with E-state index in [1.807, 2.05) is 0 Å². The lowest BCUT2D eigenvalue weighted by Crippen LogP contribution is -2.41. The third-order valence-corrected chi connectivity index (χ3v) is 2.82. The number of allylic oxidation sites excluding steroid dienone is 1. The van der Waals surface area contributed by atoms with Crippen LogP contribution in [-0.4, -0.2) is 23.0 Å². The largest absolute Gasteiger partial charge is 0.480 e. The molecular formula is C14H16ClNO3. The molecule has 102 valence electrons. The predicted molar refractivity (Wildman–Crippen MR) is 74.2 cm³/mol. The standard InChI is InChI=1S/C14H16ClNO3/c1-2-3-4-12(14(18)19)16-13(17)9-10-5-7-11(15)8-6-10/h2,5-8,12H,1,3-4,9H2,(H,16,17)(H,18,19). The number of hydrogen-bond donors (Lipinski definition) is 2. The van der Waals surface area contributed by atoms with Gasteiger partial charge in [-0.15, -0.1) is 6.58 Å². The van der Waals surface area contributed by atoms with Crippen molar-refractivity contribution in [3.05, 3.63) is 47.5 Å². The molecule has 0 aliphatic heterocycles. The molecule has 0 radical (unpaired) electrons. The van der Waals surface area contributed by atoms with Crippen LogP contribution < -0.4 is 5.32 Å². The molecule has 0 saturated carbocycles. The minimum Gasteiger partial charge on any atom is -0.480 e. The minimum atomic E-state index is -1.04. The molecule has 19 heavy (non-hydrogen) atoms. The molecule has 2 N–H and O–H groups in total. The van der Waals surface area contributed by atoms with E-state index < -0.39 is 12.0 Å². The third-order valence-electron chi connectivity index (χ3n) is 2.57. The zero-order chi connectivity index (χ0) is 14.3. The van der Waals surface area contributed by atoms with Gasteiger partial charge in [-0.25, -0.2) is 4.79 Å². The highest BCUT2D eigenvalue weighted by molar-refractivity contribution is 6.30. The number of carbonyl (C=O) groups excluding carboxylic acids is 1. The van der Waals surface area contributed by atoms with E-state index in [-0.39, 0.29) is 12.3 Å². The zero-order valence-corrected chi connectivity index (χ0v) is 11.2. The maximum atomic E-state index is 11.7. The van der Waals surface area contributed by atoms with Crippen LogP contribution in [0.2, 0.25) is 5.02 Å². The van der Waals surface area contributed by atoms with Gasteiger partial charge in [-0.3, -0.25) is 4.79 Å². The number of carbonyl (C=O) groups is 2. The average Bonchev–Trinajstić information content (AvgIpc) is 2.37. The van der Waals surface area contributed by atoms with E-state index in [0.717, 1.165) is 5.56 Å². The van der Waals surface area contributed by atoms with Gasteiger partial charge in [-0.05, 0) is 30.5 Å². The summed E-state index contributed by atoms with van der Waals surface area (Å²) >= 11 is 5.74. The van der Waals surface area contributed by atoms with Gasteiger partial charge >= 0.3 is 5.97 Å². The van der Waals surface area contributed by atoms with Gasteiger partial charge < -0.3 is 10.4 Å². The fraction of sp³-hybridized carbons (Fsp3) is 0.286. The van der Waals surface area contributed by atoms with Gasteiger partial charge in [0.05, 0.1) is 6.42 Å². The van der Waals surface area contributed by atoms with Crippen LogP contribution in [-0.2, 0) is 16.0 Å². The Morgan fingerprint density at radius 2 is 2.00 bits per heavy atom. The molecule has 0 fully saturated rings. The Morgan fingerprint density at radius 3 is 2.53 bits per heavy atom. The highest BCUT2D eigenvalue weighted by Crippen LogP contribution is 2.10. The Kier molecular flexibility index (Phi) is 6.09. The summed E-state index contributed by atoms with van der Waals surface area (Å²) < 4.78 is 0. The number of carboxylic acid groups (broad SMARTS) is 1. The van der Waals surface area contributed by atoms with Gasteiger partial charge in [0.25, 0.3) is 0 Å². The van der Waals surface area contributed by atoms with Gasteiger partial charge in [0.1, 0.15) is 6.04 Å². The number of carboxylic acids is 1. The number of rotatable bonds is 7. The number of aliphatic carboxylic acids is 1. The van der Waals surface area contributed by atoms with Gasteiger partial charge in [-0.1, -0.05) is 29.8 Å². The molecular weight excluding hydrogens is 266 g/mol. The second-order valence-corrected chi connectivity index (χ2v) is 4.56. The van der Waals surface area contributed by atoms with Crippen molar-refractivity contribution in [3.8, 4) is 0 Å². The monoisotopic (exact) mass is 281 g/mol. The maximum Gasteiger partial charge on any atom is 0.326 e. The Labute approximate surface area is 117 Å². The van der Waals surface area contributed by atoms with Crippen LogP contribution >= 0.6 is 11.6 Å². The van der Waals surface area contributed by atoms with Gasteiger partial charge in [0.2, 0.25) is 5.91 Å². The number of amides is 1. The fourth-order valence-corrected chi connectivity index (χ4v) is 1.70. The van der Waals surface area contributed by atoms with E-state index in [0.29, 0.717) is 17.9 Å². The first-order chi connectivity index (χ1) is 9.02. The van der Waals surface area contributed by atoms with Gasteiger partial charge in [0, 0.05) is 5.02 Å². The molecule has 0 spiro atoms. The van der Waals surface area contributed by atoms with Crippen molar-refractivity contribution in [1.82, 2.24) is 5.32 Å². The van der Waals surface area contributed by atoms with Crippen LogP contribution in [0.5, 0.6) is 0 Å². The summed E-state index contributed by atoms with van der Waals surface area (Å²) in [6.07, 6.45) is 2.64. The van der Waals surface area contributed by atoms with E-state index in [9.17, 15) is 9.59 Å². The van der Waals surface area contributed by atoms with Crippen molar-refractivity contribution in [1.29, 1.82) is 0 Å². The smallest absolute Gasteiger partial charge is 0.326 e. The van der Waals surface area contributed by atoms with Crippen LogP contribution in [0.1, 0.15) is 18.4 Å². The van der Waals surface area contributed by atoms with E-state index in [1.54, 1.807) is 30.3 Å². The normalized spacial score (nSPS) is 11.6. The summed E-state index contributed by atoms with van der Waals surface area (Å²) in [5, 5.41) is 12.1. The maximum absolute atomic E-state index is 11.7. The molecule has 1 unspecified atom stereocenters. The van der Waals surface area contributed by atoms with Crippen LogP contribution in [0.3, 0.4) is 0 Å². The Hall–Kier alpha value is -1.81. The summed E-state index contributed by atoms with van der Waals surface area (Å²) in [5.74, 6) is -1.36. The van der Waals surface area contributed by atoms with Gasteiger partial charge in [-0.2, -0.15) is 0 Å². The summed E-state index contributed by atoms with van der Waals surface area (Å²) in [7, 11) is 0. The minimum absolute atomic E-state index is 0.134. The molecule has 0 heterocycles. The summed E-state index contributed by atoms with van der Waals surface area (Å²) in [6, 6.07) is 5.98. The van der Waals surface area contributed by atoms with Crippen molar-refractivity contribution in [2.45, 2.75) is 25.3 Å². The van der Waals surface area contributed by atoms with Crippen molar-refractivity contribution < 1.29 is 14.7 Å². The quantitative estimate of drug-likeness (QED) is 0.754. The van der Waals surface area contributed by atoms with Crippen LogP contribution in [0, 0.1) is 0 Å². The Balaban J connectivity index is 2.54. The molecule has 5 heteroatoms. The van der Waals surface area contributed by atoms with Crippen LogP contribution in [0.25, 0.3) is 0 Å². The molecule has 0 saturated heterocycles. The molecule has 0 aliphatic carbocycles. The molecule has 0 bridgehead atoms. The lowest BCUT2D eigenvalue weighted by molar-refractivity contribution is -0.141. The second kappa shape index (κ2) is 7.59. The van der Waals surface area contributed by atoms with E-state index in [1.165, 1.54) is 0 Å². The molecule has 4 nitrogen and oxygen atoms in total. The van der Waals surface area contributed by atoms with Crippen molar-refractivity contribution >= 4 is 23.5 Å². The lowest BCUT2D eigenvalue weighted by Gasteiger charge is -2.13. The number of benzene rings is 1. The molecule has 1 rings (SSSR count). The van der Waals surface area contributed by atoms with Crippen molar-refractivity contribution in [2.24, 2.45) is 0 Å². The van der Waals surface area contributed by atoms with E-state index in [4.69, 9.17) is 16.7 Å². The van der Waals surface area contributed by atoms with Crippen LogP contribution in [0.4, 0.5) is 0 Å². The number of hydrogen-bond acceptors (Lipinski definition) is 2. The van der Waals surface area contributed by atoms with E-state index >= 15 is 0 Å². The lowest BCUT2D eigenvalue weighted by atomic mass is 10.1. The first kappa shape index (κ1) is 15.2. The zero-order valence-electron chi connectivity index (χ0n) is 10.4. The van der Waals surface area contributed by atoms with Crippen molar-refractivity contribution in [3.63, 3.8) is 0 Å². The topological polar surface area (TPSA) is 66.4 Å². The Morgan fingerprint density at radius 1 is 1.37 bits per heavy atom. The SMILES string of the molecule is C=CCCC(NC(=O)Cc1ccc(Cl)cc1)C(=O)O. The van der Waals surface area contributed by atoms with Gasteiger partial charge in [0.15, 0.2) is 0 Å². The summed E-state index contributed by atoms with van der Waals surface area (Å²) in [4.78, 5) is 22.7. The average molecular weight is 282 g/mol.